The summed E-state index contributed by atoms with van der Waals surface area (Å²) in [6.07, 6.45) is 23.5. The van der Waals surface area contributed by atoms with Gasteiger partial charge in [0.15, 0.2) is 0 Å². The molecule has 1 nitrogen and oxygen atoms in total. The molecule has 1 aliphatic heterocycles. The van der Waals surface area contributed by atoms with Gasteiger partial charge in [-0.05, 0) is 0 Å². The fraction of sp³-hybridized carbons (Fsp3) is 1.00. The van der Waals surface area contributed by atoms with E-state index < -0.39 is 18.8 Å². The zero-order chi connectivity index (χ0) is 22.3. The van der Waals surface area contributed by atoms with E-state index in [-0.39, 0.29) is 5.60 Å². The predicted octanol–water partition coefficient (Wildman–Crippen LogP) is 10.4. The van der Waals surface area contributed by atoms with Gasteiger partial charge in [-0.25, -0.2) is 0 Å². The van der Waals surface area contributed by atoms with E-state index in [2.05, 4.69) is 41.5 Å². The number of hydrogen-bond acceptors (Lipinski definition) is 1. The predicted molar refractivity (Wildman–Crippen MR) is 139 cm³/mol. The second-order valence-corrected chi connectivity index (χ2v) is 22.3. The van der Waals surface area contributed by atoms with Crippen molar-refractivity contribution in [2.45, 2.75) is 170 Å². The molecule has 30 heavy (non-hydrogen) atoms. The van der Waals surface area contributed by atoms with Crippen LogP contribution in [0.2, 0.25) is 13.3 Å². The van der Waals surface area contributed by atoms with E-state index in [1.54, 1.807) is 0 Å². The van der Waals surface area contributed by atoms with Crippen LogP contribution in [0.4, 0.5) is 0 Å². The van der Waals surface area contributed by atoms with E-state index in [0.717, 1.165) is 0 Å². The molecule has 0 radical (unpaired) electrons. The normalized spacial score (nSPS) is 19.8. The van der Waals surface area contributed by atoms with Crippen molar-refractivity contribution >= 4 is 18.8 Å². The minimum atomic E-state index is -2.54. The second kappa shape index (κ2) is 15.6. The van der Waals surface area contributed by atoms with E-state index in [1.807, 2.05) is 0 Å². The number of unbranched alkanes of at least 4 members (excludes halogenated alkanes) is 6. The quantitative estimate of drug-likeness (QED) is 0.161. The first kappa shape index (κ1) is 28.8. The molecule has 0 aliphatic carbocycles. The average Bonchev–Trinajstić information content (AvgIpc) is 2.77. The van der Waals surface area contributed by atoms with Crippen LogP contribution in [0.1, 0.15) is 151 Å². The van der Waals surface area contributed by atoms with Gasteiger partial charge in [0.25, 0.3) is 0 Å². The van der Waals surface area contributed by atoms with Crippen molar-refractivity contribution in [3.8, 4) is 0 Å². The fourth-order valence-electron chi connectivity index (χ4n) is 6.29. The summed E-state index contributed by atoms with van der Waals surface area (Å²) < 4.78 is 12.4. The van der Waals surface area contributed by atoms with Crippen LogP contribution in [-0.2, 0) is 3.07 Å². The zero-order valence-electron chi connectivity index (χ0n) is 22.1. The van der Waals surface area contributed by atoms with Crippen LogP contribution in [0, 0.1) is 5.41 Å². The van der Waals surface area contributed by atoms with Gasteiger partial charge in [0, 0.05) is 0 Å². The van der Waals surface area contributed by atoms with Crippen molar-refractivity contribution in [3.63, 3.8) is 0 Å². The van der Waals surface area contributed by atoms with Gasteiger partial charge in [-0.2, -0.15) is 0 Å². The summed E-state index contributed by atoms with van der Waals surface area (Å²) in [5.74, 6) is 0. The molecule has 0 aromatic rings. The Bertz CT molecular complexity index is 395. The Morgan fingerprint density at radius 2 is 0.967 bits per heavy atom. The maximum atomic E-state index is 7.89. The van der Waals surface area contributed by atoms with Crippen LogP contribution in [0.25, 0.3) is 0 Å². The van der Waals surface area contributed by atoms with Gasteiger partial charge >= 0.3 is 197 Å². The van der Waals surface area contributed by atoms with E-state index in [4.69, 9.17) is 3.07 Å². The summed E-state index contributed by atoms with van der Waals surface area (Å²) in [6, 6.07) is 0. The third-order valence-corrected chi connectivity index (χ3v) is 21.2. The number of hydrogen-bond donors (Lipinski definition) is 0. The Hall–Kier alpha value is 0.759. The van der Waals surface area contributed by atoms with Crippen molar-refractivity contribution in [2.75, 3.05) is 0 Å². The minimum absolute atomic E-state index is 0.221. The molecule has 1 aliphatic rings. The molecule has 0 bridgehead atoms. The van der Waals surface area contributed by atoms with Crippen LogP contribution in [0.3, 0.4) is 0 Å². The molecule has 0 spiro atoms. The summed E-state index contributed by atoms with van der Waals surface area (Å²) in [4.78, 5) is 0. The summed E-state index contributed by atoms with van der Waals surface area (Å²) >= 11 is -2.54. The average molecular weight is 529 g/mol. The summed E-state index contributed by atoms with van der Waals surface area (Å²) in [6.45, 7) is 14.3. The van der Waals surface area contributed by atoms with Crippen molar-refractivity contribution in [2.24, 2.45) is 5.41 Å². The molecule has 180 valence electrons. The van der Waals surface area contributed by atoms with Gasteiger partial charge in [0.05, 0.1) is 0 Å². The van der Waals surface area contributed by atoms with Crippen LogP contribution in [-0.4, -0.2) is 24.4 Å². The molecule has 0 aromatic heterocycles. The molecule has 0 atom stereocenters. The molecule has 0 saturated carbocycles. The Labute approximate surface area is 196 Å². The SMILES string of the molecule is CCCCC1(CCCC)C[CH2][Sn]([CH2]CCC)([CH2]CCC)[O]C1(CCCC)CCCC. The molecule has 0 unspecified atom stereocenters. The Kier molecular flexibility index (Phi) is 14.9. The van der Waals surface area contributed by atoms with E-state index >= 15 is 0 Å². The van der Waals surface area contributed by atoms with Gasteiger partial charge in [-0.3, -0.25) is 0 Å². The van der Waals surface area contributed by atoms with Crippen molar-refractivity contribution in [3.05, 3.63) is 0 Å². The summed E-state index contributed by atoms with van der Waals surface area (Å²) in [5.41, 5.74) is 0.696. The van der Waals surface area contributed by atoms with Crippen LogP contribution in [0.15, 0.2) is 0 Å². The standard InChI is InChI=1S/C20H40O.2C4H9.Sn/c1-6-11-15-19(10-5,16-12-7-2)20(21,17-13-8-3)18-14-9-4;2*1-3-4-2;/h5-18H2,1-4H3;2*1,3-4H2,2H3;/q-1;;;+1. The van der Waals surface area contributed by atoms with E-state index in [9.17, 15) is 0 Å². The molecule has 0 N–H and O–H groups in total. The van der Waals surface area contributed by atoms with E-state index in [0.29, 0.717) is 5.41 Å². The molecular weight excluding hydrogens is 471 g/mol. The van der Waals surface area contributed by atoms with Crippen LogP contribution < -0.4 is 0 Å². The zero-order valence-corrected chi connectivity index (χ0v) is 24.9. The Balaban J connectivity index is 3.39. The van der Waals surface area contributed by atoms with Gasteiger partial charge in [0.2, 0.25) is 0 Å². The first-order chi connectivity index (χ1) is 14.5. The molecular formula is C28H58OSn. The van der Waals surface area contributed by atoms with Crippen molar-refractivity contribution in [1.82, 2.24) is 0 Å². The first-order valence-electron chi connectivity index (χ1n) is 14.2. The van der Waals surface area contributed by atoms with Crippen molar-refractivity contribution in [1.29, 1.82) is 0 Å². The monoisotopic (exact) mass is 530 g/mol. The van der Waals surface area contributed by atoms with E-state index in [1.165, 1.54) is 122 Å². The second-order valence-electron chi connectivity index (χ2n) is 10.7. The maximum absolute atomic E-state index is 7.89. The van der Waals surface area contributed by atoms with Crippen LogP contribution in [0.5, 0.6) is 0 Å². The van der Waals surface area contributed by atoms with Gasteiger partial charge in [-0.15, -0.1) is 0 Å². The molecule has 1 rings (SSSR count). The van der Waals surface area contributed by atoms with Gasteiger partial charge in [0.1, 0.15) is 0 Å². The van der Waals surface area contributed by atoms with Gasteiger partial charge < -0.3 is 0 Å². The Morgan fingerprint density at radius 1 is 0.567 bits per heavy atom. The molecule has 1 heterocycles. The third-order valence-electron chi connectivity index (χ3n) is 8.30. The van der Waals surface area contributed by atoms with Gasteiger partial charge in [-0.1, -0.05) is 0 Å². The molecule has 1 fully saturated rings. The molecule has 0 amide bonds. The molecule has 1 saturated heterocycles. The third kappa shape index (κ3) is 7.96. The fourth-order valence-corrected chi connectivity index (χ4v) is 21.2. The molecule has 2 heteroatoms. The summed E-state index contributed by atoms with van der Waals surface area (Å²) in [7, 11) is 0. The Morgan fingerprint density at radius 3 is 1.37 bits per heavy atom. The number of rotatable bonds is 18. The van der Waals surface area contributed by atoms with Crippen LogP contribution >= 0.6 is 0 Å². The molecule has 0 aromatic carbocycles. The van der Waals surface area contributed by atoms with Crippen molar-refractivity contribution < 1.29 is 3.07 Å². The first-order valence-corrected chi connectivity index (χ1v) is 21.4. The topological polar surface area (TPSA) is 9.23 Å². The summed E-state index contributed by atoms with van der Waals surface area (Å²) in [5, 5.41) is 0.